The number of hydrazone groups is 1. The number of thiocarbonyl (C=S) groups is 1. The molecule has 0 aromatic heterocycles. The topological polar surface area (TPSA) is 47.3 Å². The van der Waals surface area contributed by atoms with Crippen molar-refractivity contribution in [2.24, 2.45) is 0 Å². The first kappa shape index (κ1) is 16.0. The minimum Gasteiger partial charge on any atom is -0.492 e. The number of hydrazine groups is 1. The summed E-state index contributed by atoms with van der Waals surface area (Å²) in [5, 5.41) is 6.29. The van der Waals surface area contributed by atoms with Crippen molar-refractivity contribution in [2.75, 3.05) is 13.7 Å². The first-order valence-corrected chi connectivity index (χ1v) is 7.52. The minimum absolute atomic E-state index is 0.527. The maximum absolute atomic E-state index is 5.88. The molecular weight excluding hydrogens is 294 g/mol. The van der Waals surface area contributed by atoms with Crippen molar-refractivity contribution in [3.63, 3.8) is 0 Å². The third-order valence-corrected chi connectivity index (χ3v) is 3.36. The summed E-state index contributed by atoms with van der Waals surface area (Å²) in [6, 6.07) is 18.2. The monoisotopic (exact) mass is 314 g/mol. The smallest absolute Gasteiger partial charge is 0.223 e. The quantitative estimate of drug-likeness (QED) is 0.420. The van der Waals surface area contributed by atoms with Crippen LogP contribution in [0.2, 0.25) is 0 Å². The summed E-state index contributed by atoms with van der Waals surface area (Å²) in [4.78, 5) is 0. The highest BCUT2D eigenvalue weighted by Gasteiger charge is 2.03. The zero-order valence-corrected chi connectivity index (χ0v) is 13.3. The molecule has 2 aromatic carbocycles. The van der Waals surface area contributed by atoms with E-state index in [-0.39, 0.29) is 0 Å². The Morgan fingerprint density at radius 1 is 1.14 bits per heavy atom. The van der Waals surface area contributed by atoms with Crippen LogP contribution in [0.1, 0.15) is 11.1 Å². The third kappa shape index (κ3) is 5.18. The number of nitrogens with one attached hydrogen (secondary N) is 3. The molecule has 22 heavy (non-hydrogen) atoms. The lowest BCUT2D eigenvalue weighted by atomic mass is 10.2. The van der Waals surface area contributed by atoms with Gasteiger partial charge < -0.3 is 10.1 Å². The highest BCUT2D eigenvalue weighted by molar-refractivity contribution is 7.80. The van der Waals surface area contributed by atoms with E-state index in [9.17, 15) is 0 Å². The van der Waals surface area contributed by atoms with Crippen LogP contribution in [0.3, 0.4) is 0 Å². The van der Waals surface area contributed by atoms with Gasteiger partial charge in [0.15, 0.2) is 0 Å². The Morgan fingerprint density at radius 2 is 1.86 bits per heavy atom. The molecule has 0 saturated carbocycles. The van der Waals surface area contributed by atoms with Crippen molar-refractivity contribution in [1.82, 2.24) is 10.7 Å². The van der Waals surface area contributed by atoms with E-state index < -0.39 is 0 Å². The van der Waals surface area contributed by atoms with Gasteiger partial charge in [-0.3, -0.25) is 0 Å². The average molecular weight is 314 g/mol. The van der Waals surface area contributed by atoms with Gasteiger partial charge in [0.1, 0.15) is 5.75 Å². The second-order valence-electron chi connectivity index (χ2n) is 4.61. The maximum Gasteiger partial charge on any atom is 0.223 e. The van der Waals surface area contributed by atoms with Crippen molar-refractivity contribution in [1.29, 1.82) is 0 Å². The van der Waals surface area contributed by atoms with Gasteiger partial charge in [-0.1, -0.05) is 42.5 Å². The summed E-state index contributed by atoms with van der Waals surface area (Å²) in [5.41, 5.74) is 5.08. The molecule has 0 spiro atoms. The number of hydrogen-bond acceptors (Lipinski definition) is 2. The molecule has 0 fully saturated rings. The summed E-state index contributed by atoms with van der Waals surface area (Å²) >= 11 is 4.99. The van der Waals surface area contributed by atoms with Gasteiger partial charge in [0, 0.05) is 13.5 Å². The first-order valence-electron chi connectivity index (χ1n) is 7.12. The Kier molecular flexibility index (Phi) is 6.39. The minimum atomic E-state index is 0.527. The lowest BCUT2D eigenvalue weighted by Gasteiger charge is -2.07. The van der Waals surface area contributed by atoms with Gasteiger partial charge in [0.2, 0.25) is 11.3 Å². The summed E-state index contributed by atoms with van der Waals surface area (Å²) < 4.78 is 5.88. The zero-order chi connectivity index (χ0) is 15.6. The Hall–Kier alpha value is -2.40. The Bertz CT molecular complexity index is 629. The average Bonchev–Trinajstić information content (AvgIpc) is 2.57. The molecular formula is C17H20N3OS+. The molecule has 0 bridgehead atoms. The number of rotatable bonds is 6. The fourth-order valence-electron chi connectivity index (χ4n) is 1.90. The van der Waals surface area contributed by atoms with Crippen molar-refractivity contribution in [3.05, 3.63) is 65.7 Å². The summed E-state index contributed by atoms with van der Waals surface area (Å²) in [7, 11) is 1.76. The summed E-state index contributed by atoms with van der Waals surface area (Å²) in [6.07, 6.45) is 2.70. The molecule has 5 heteroatoms. The SMILES string of the molecule is CNC(=S)N[NH+]=Cc1ccccc1OCCc1ccccc1. The second-order valence-corrected chi connectivity index (χ2v) is 5.02. The fraction of sp³-hybridized carbons (Fsp3) is 0.176. The van der Waals surface area contributed by atoms with Crippen molar-refractivity contribution in [3.8, 4) is 5.75 Å². The number of benzene rings is 2. The van der Waals surface area contributed by atoms with Crippen LogP contribution < -0.4 is 20.6 Å². The van der Waals surface area contributed by atoms with E-state index in [0.717, 1.165) is 17.7 Å². The second kappa shape index (κ2) is 8.79. The van der Waals surface area contributed by atoms with E-state index in [0.29, 0.717) is 11.7 Å². The maximum atomic E-state index is 5.88. The number of ether oxygens (including phenoxy) is 1. The first-order chi connectivity index (χ1) is 10.8. The number of hydrogen-bond donors (Lipinski definition) is 3. The largest absolute Gasteiger partial charge is 0.492 e. The van der Waals surface area contributed by atoms with Gasteiger partial charge in [-0.2, -0.15) is 0 Å². The molecule has 114 valence electrons. The molecule has 0 heterocycles. The van der Waals surface area contributed by atoms with Crippen LogP contribution in [0.15, 0.2) is 54.6 Å². The van der Waals surface area contributed by atoms with E-state index in [1.54, 1.807) is 7.05 Å². The zero-order valence-electron chi connectivity index (χ0n) is 12.5. The van der Waals surface area contributed by atoms with Crippen LogP contribution in [0.4, 0.5) is 0 Å². The molecule has 0 aliphatic carbocycles. The lowest BCUT2D eigenvalue weighted by molar-refractivity contribution is -0.500. The molecule has 2 aromatic rings. The highest BCUT2D eigenvalue weighted by Crippen LogP contribution is 2.15. The molecule has 4 nitrogen and oxygen atoms in total. The summed E-state index contributed by atoms with van der Waals surface area (Å²) in [6.45, 7) is 0.636. The van der Waals surface area contributed by atoms with Crippen molar-refractivity contribution >= 4 is 23.5 Å². The molecule has 0 radical (unpaired) electrons. The van der Waals surface area contributed by atoms with Crippen molar-refractivity contribution in [2.45, 2.75) is 6.42 Å². The molecule has 0 unspecified atom stereocenters. The molecule has 0 atom stereocenters. The molecule has 2 rings (SSSR count). The normalized spacial score (nSPS) is 10.4. The van der Waals surface area contributed by atoms with E-state index >= 15 is 0 Å². The molecule has 0 aliphatic rings. The van der Waals surface area contributed by atoms with Crippen molar-refractivity contribution < 1.29 is 9.84 Å². The molecule has 3 N–H and O–H groups in total. The van der Waals surface area contributed by atoms with Crippen LogP contribution >= 0.6 is 12.2 Å². The van der Waals surface area contributed by atoms with Crippen LogP contribution in [0.25, 0.3) is 0 Å². The Labute approximate surface area is 136 Å². The van der Waals surface area contributed by atoms with E-state index in [1.807, 2.05) is 48.7 Å². The van der Waals surface area contributed by atoms with Gasteiger partial charge in [-0.15, -0.1) is 10.5 Å². The summed E-state index contributed by atoms with van der Waals surface area (Å²) in [5.74, 6) is 0.836. The van der Waals surface area contributed by atoms with E-state index in [1.165, 1.54) is 5.56 Å². The number of para-hydroxylation sites is 1. The van der Waals surface area contributed by atoms with E-state index in [2.05, 4.69) is 28.0 Å². The van der Waals surface area contributed by atoms with Gasteiger partial charge in [0.05, 0.1) is 12.2 Å². The lowest BCUT2D eigenvalue weighted by Crippen LogP contribution is -2.82. The van der Waals surface area contributed by atoms with Gasteiger partial charge in [-0.25, -0.2) is 0 Å². The standard InChI is InChI=1S/C17H19N3OS/c1-18-17(22)20-19-13-15-9-5-6-10-16(15)21-12-11-14-7-3-2-4-8-14/h2-10,13H,11-12H2,1H3,(H2,18,20,22)/p+1. The molecule has 0 amide bonds. The predicted octanol–water partition coefficient (Wildman–Crippen LogP) is 0.817. The van der Waals surface area contributed by atoms with Gasteiger partial charge >= 0.3 is 0 Å². The van der Waals surface area contributed by atoms with Crippen LogP contribution in [-0.2, 0) is 6.42 Å². The van der Waals surface area contributed by atoms with Crippen LogP contribution in [0, 0.1) is 0 Å². The van der Waals surface area contributed by atoms with Crippen LogP contribution in [0.5, 0.6) is 5.75 Å². The van der Waals surface area contributed by atoms with E-state index in [4.69, 9.17) is 17.0 Å². The predicted molar refractivity (Wildman–Crippen MR) is 93.0 cm³/mol. The highest BCUT2D eigenvalue weighted by atomic mass is 32.1. The van der Waals surface area contributed by atoms with Crippen LogP contribution in [-0.4, -0.2) is 25.0 Å². The Balaban J connectivity index is 1.92. The van der Waals surface area contributed by atoms with Gasteiger partial charge in [0.25, 0.3) is 0 Å². The molecule has 0 saturated heterocycles. The third-order valence-electron chi connectivity index (χ3n) is 3.05. The fourth-order valence-corrected chi connectivity index (χ4v) is 1.96. The Morgan fingerprint density at radius 3 is 2.64 bits per heavy atom. The van der Waals surface area contributed by atoms with Gasteiger partial charge in [-0.05, 0) is 29.9 Å². The molecule has 0 aliphatic heterocycles.